The number of hydrogen-bond donors (Lipinski definition) is 0. The number of nitriles is 1. The van der Waals surface area contributed by atoms with Crippen LogP contribution in [-0.2, 0) is 0 Å². The lowest BCUT2D eigenvalue weighted by Gasteiger charge is -2.19. The Labute approximate surface area is 114 Å². The number of pyridine rings is 1. The van der Waals surface area contributed by atoms with Gasteiger partial charge < -0.3 is 0 Å². The molecule has 0 amide bonds. The number of aromatic nitrogens is 1. The van der Waals surface area contributed by atoms with Crippen molar-refractivity contribution in [3.05, 3.63) is 29.6 Å². The van der Waals surface area contributed by atoms with Crippen molar-refractivity contribution in [3.8, 4) is 6.07 Å². The van der Waals surface area contributed by atoms with Crippen LogP contribution in [0, 0.1) is 17.2 Å². The summed E-state index contributed by atoms with van der Waals surface area (Å²) in [7, 11) is 1.97. The van der Waals surface area contributed by atoms with Crippen molar-refractivity contribution in [1.82, 2.24) is 9.99 Å². The number of nitrogens with zero attached hydrogens (tertiary/aromatic N) is 4. The molecule has 4 nitrogen and oxygen atoms in total. The van der Waals surface area contributed by atoms with Gasteiger partial charge in [-0.15, -0.1) is 0 Å². The Hall–Kier alpha value is -1.89. The van der Waals surface area contributed by atoms with Crippen LogP contribution in [0.5, 0.6) is 0 Å². The van der Waals surface area contributed by atoms with E-state index >= 15 is 0 Å². The molecular formula is C15H20N4. The third-order valence-corrected chi connectivity index (χ3v) is 3.66. The van der Waals surface area contributed by atoms with E-state index in [4.69, 9.17) is 5.26 Å². The van der Waals surface area contributed by atoms with Crippen molar-refractivity contribution < 1.29 is 0 Å². The fourth-order valence-corrected chi connectivity index (χ4v) is 2.48. The molecule has 0 N–H and O–H groups in total. The zero-order chi connectivity index (χ0) is 13.8. The van der Waals surface area contributed by atoms with Crippen molar-refractivity contribution in [1.29, 1.82) is 5.26 Å². The molecule has 1 aliphatic rings. The molecule has 100 valence electrons. The second-order valence-electron chi connectivity index (χ2n) is 5.48. The molecule has 1 aliphatic heterocycles. The van der Waals surface area contributed by atoms with Crippen LogP contribution >= 0.6 is 0 Å². The van der Waals surface area contributed by atoms with Gasteiger partial charge >= 0.3 is 0 Å². The van der Waals surface area contributed by atoms with Crippen LogP contribution in [0.15, 0.2) is 23.6 Å². The number of rotatable bonds is 4. The van der Waals surface area contributed by atoms with Crippen molar-refractivity contribution in [2.45, 2.75) is 32.1 Å². The fraction of sp³-hybridized carbons (Fsp3) is 0.533. The average Bonchev–Trinajstić information content (AvgIpc) is 2.82. The highest BCUT2D eigenvalue weighted by atomic mass is 15.4. The van der Waals surface area contributed by atoms with Gasteiger partial charge in [-0.2, -0.15) is 10.4 Å². The first-order chi connectivity index (χ1) is 9.11. The Morgan fingerprint density at radius 3 is 2.84 bits per heavy atom. The van der Waals surface area contributed by atoms with Crippen LogP contribution in [0.2, 0.25) is 0 Å². The maximum atomic E-state index is 8.96. The summed E-state index contributed by atoms with van der Waals surface area (Å²) in [5.41, 5.74) is 2.35. The normalized spacial score (nSPS) is 19.7. The summed E-state index contributed by atoms with van der Waals surface area (Å²) in [5, 5.41) is 15.2. The van der Waals surface area contributed by atoms with Crippen molar-refractivity contribution in [3.63, 3.8) is 0 Å². The lowest BCUT2D eigenvalue weighted by Crippen LogP contribution is -2.13. The molecule has 0 fully saturated rings. The SMILES string of the molecule is CC(C)C(CC#N)c1cncc(C2C=NN(C)C2)c1. The van der Waals surface area contributed by atoms with Gasteiger partial charge in [-0.1, -0.05) is 19.9 Å². The molecule has 19 heavy (non-hydrogen) atoms. The zero-order valence-electron chi connectivity index (χ0n) is 11.7. The van der Waals surface area contributed by atoms with E-state index < -0.39 is 0 Å². The quantitative estimate of drug-likeness (QED) is 0.832. The van der Waals surface area contributed by atoms with Crippen molar-refractivity contribution in [2.24, 2.45) is 11.0 Å². The van der Waals surface area contributed by atoms with Crippen LogP contribution in [-0.4, -0.2) is 29.8 Å². The van der Waals surface area contributed by atoms with Gasteiger partial charge in [-0.3, -0.25) is 9.99 Å². The standard InChI is InChI=1S/C15H20N4/c1-11(2)15(4-5-16)13-6-12(7-17-8-13)14-9-18-19(3)10-14/h6-9,11,14-15H,4,10H2,1-3H3. The number of hydrazone groups is 1. The highest BCUT2D eigenvalue weighted by Crippen LogP contribution is 2.29. The molecule has 2 heterocycles. The summed E-state index contributed by atoms with van der Waals surface area (Å²) in [6.07, 6.45) is 6.31. The van der Waals surface area contributed by atoms with E-state index in [0.717, 1.165) is 12.1 Å². The van der Waals surface area contributed by atoms with Crippen LogP contribution in [0.4, 0.5) is 0 Å². The summed E-state index contributed by atoms with van der Waals surface area (Å²) in [5.74, 6) is 1.01. The highest BCUT2D eigenvalue weighted by Gasteiger charge is 2.20. The van der Waals surface area contributed by atoms with Gasteiger partial charge in [-0.05, 0) is 17.0 Å². The molecule has 1 aromatic rings. The molecule has 0 bridgehead atoms. The summed E-state index contributed by atoms with van der Waals surface area (Å²) < 4.78 is 0. The highest BCUT2D eigenvalue weighted by molar-refractivity contribution is 5.69. The Morgan fingerprint density at radius 1 is 1.47 bits per heavy atom. The van der Waals surface area contributed by atoms with Crippen molar-refractivity contribution >= 4 is 6.21 Å². The lowest BCUT2D eigenvalue weighted by molar-refractivity contribution is 0.381. The van der Waals surface area contributed by atoms with E-state index in [2.05, 4.69) is 36.1 Å². The van der Waals surface area contributed by atoms with Crippen LogP contribution in [0.1, 0.15) is 43.2 Å². The Bertz CT molecular complexity index is 501. The molecular weight excluding hydrogens is 236 g/mol. The fourth-order valence-electron chi connectivity index (χ4n) is 2.48. The summed E-state index contributed by atoms with van der Waals surface area (Å²) >= 11 is 0. The van der Waals surface area contributed by atoms with E-state index in [1.165, 1.54) is 5.56 Å². The largest absolute Gasteiger partial charge is 0.299 e. The van der Waals surface area contributed by atoms with E-state index in [0.29, 0.717) is 18.3 Å². The Balaban J connectivity index is 2.23. The molecule has 2 unspecified atom stereocenters. The monoisotopic (exact) mass is 256 g/mol. The van der Waals surface area contributed by atoms with E-state index in [1.54, 1.807) is 0 Å². The second kappa shape index (κ2) is 5.83. The van der Waals surface area contributed by atoms with Crippen LogP contribution in [0.25, 0.3) is 0 Å². The molecule has 0 saturated carbocycles. The topological polar surface area (TPSA) is 52.3 Å². The third kappa shape index (κ3) is 3.11. The van der Waals surface area contributed by atoms with Gasteiger partial charge in [0.25, 0.3) is 0 Å². The minimum absolute atomic E-state index is 0.258. The van der Waals surface area contributed by atoms with Gasteiger partial charge in [0.1, 0.15) is 0 Å². The lowest BCUT2D eigenvalue weighted by atomic mass is 9.85. The Kier molecular flexibility index (Phi) is 4.16. The van der Waals surface area contributed by atoms with Gasteiger partial charge in [-0.25, -0.2) is 0 Å². The number of likely N-dealkylation sites (N-methyl/N-ethyl adjacent to an activating group) is 1. The van der Waals surface area contributed by atoms with E-state index in [1.807, 2.05) is 30.7 Å². The first kappa shape index (κ1) is 13.5. The summed E-state index contributed by atoms with van der Waals surface area (Å²) in [6, 6.07) is 4.47. The average molecular weight is 256 g/mol. The minimum Gasteiger partial charge on any atom is -0.299 e. The van der Waals surface area contributed by atoms with Gasteiger partial charge in [0.2, 0.25) is 0 Å². The molecule has 0 aliphatic carbocycles. The molecule has 1 aromatic heterocycles. The molecule has 0 radical (unpaired) electrons. The molecule has 2 atom stereocenters. The molecule has 0 aromatic carbocycles. The summed E-state index contributed by atoms with van der Waals surface area (Å²) in [4.78, 5) is 4.35. The minimum atomic E-state index is 0.258. The molecule has 4 heteroatoms. The molecule has 0 saturated heterocycles. The maximum Gasteiger partial charge on any atom is 0.0628 e. The molecule has 0 spiro atoms. The summed E-state index contributed by atoms with van der Waals surface area (Å²) in [6.45, 7) is 5.20. The zero-order valence-corrected chi connectivity index (χ0v) is 11.7. The van der Waals surface area contributed by atoms with Gasteiger partial charge in [0.15, 0.2) is 0 Å². The number of hydrogen-bond acceptors (Lipinski definition) is 4. The molecule has 2 rings (SSSR count). The third-order valence-electron chi connectivity index (χ3n) is 3.66. The van der Waals surface area contributed by atoms with Crippen LogP contribution < -0.4 is 0 Å². The first-order valence-electron chi connectivity index (χ1n) is 6.69. The van der Waals surface area contributed by atoms with Gasteiger partial charge in [0, 0.05) is 50.5 Å². The Morgan fingerprint density at radius 2 is 2.26 bits per heavy atom. The van der Waals surface area contributed by atoms with Crippen LogP contribution in [0.3, 0.4) is 0 Å². The predicted octanol–water partition coefficient (Wildman–Crippen LogP) is 2.75. The smallest absolute Gasteiger partial charge is 0.0628 e. The maximum absolute atomic E-state index is 8.96. The van der Waals surface area contributed by atoms with E-state index in [9.17, 15) is 0 Å². The predicted molar refractivity (Wildman–Crippen MR) is 75.9 cm³/mol. The van der Waals surface area contributed by atoms with Crippen molar-refractivity contribution in [2.75, 3.05) is 13.6 Å². The first-order valence-corrected chi connectivity index (χ1v) is 6.69. The van der Waals surface area contributed by atoms with Gasteiger partial charge in [0.05, 0.1) is 6.07 Å². The second-order valence-corrected chi connectivity index (χ2v) is 5.48. The van der Waals surface area contributed by atoms with E-state index in [-0.39, 0.29) is 5.92 Å².